The largest absolute Gasteiger partial charge is 0.305 e. The van der Waals surface area contributed by atoms with Crippen LogP contribution in [0.5, 0.6) is 0 Å². The van der Waals surface area contributed by atoms with Crippen LogP contribution < -0.4 is 5.32 Å². The molecule has 0 aliphatic rings. The monoisotopic (exact) mass is 435 g/mol. The van der Waals surface area contributed by atoms with Gasteiger partial charge in [0, 0.05) is 10.4 Å². The molecule has 6 nitrogen and oxygen atoms in total. The first-order valence-electron chi connectivity index (χ1n) is 9.01. The highest BCUT2D eigenvalue weighted by Gasteiger charge is 2.19. The number of halogens is 2. The van der Waals surface area contributed by atoms with Crippen LogP contribution in [0.25, 0.3) is 16.7 Å². The van der Waals surface area contributed by atoms with Gasteiger partial charge in [-0.2, -0.15) is 15.0 Å². The van der Waals surface area contributed by atoms with Crippen molar-refractivity contribution in [2.75, 3.05) is 5.32 Å². The van der Waals surface area contributed by atoms with E-state index < -0.39 is 5.91 Å². The number of carbonyl (C=O) groups excluding carboxylic acids is 1. The molecule has 2 aromatic heterocycles. The SMILES string of the molecule is Cc1cc(-n2ncc(C#N)c2NC(=O)c2ccc(Cl)cc2Cl)nc2c(C)cccc12. The molecule has 1 amide bonds. The van der Waals surface area contributed by atoms with Gasteiger partial charge in [-0.15, -0.1) is 0 Å². The van der Waals surface area contributed by atoms with E-state index in [0.29, 0.717) is 10.8 Å². The normalized spacial score (nSPS) is 10.8. The summed E-state index contributed by atoms with van der Waals surface area (Å²) >= 11 is 12.1. The Kier molecular flexibility index (Phi) is 5.17. The zero-order valence-corrected chi connectivity index (χ0v) is 17.6. The van der Waals surface area contributed by atoms with E-state index >= 15 is 0 Å². The van der Waals surface area contributed by atoms with E-state index in [-0.39, 0.29) is 22.0 Å². The van der Waals surface area contributed by atoms with Crippen LogP contribution >= 0.6 is 23.2 Å². The quantitative estimate of drug-likeness (QED) is 0.462. The standard InChI is InChI=1S/C22H15Cl2N5O/c1-12-4-3-5-16-13(2)8-19(27-20(12)16)29-21(14(10-25)11-26-29)28-22(30)17-7-6-15(23)9-18(17)24/h3-9,11H,1-2H3,(H,28,30). The predicted molar refractivity (Wildman–Crippen MR) is 117 cm³/mol. The van der Waals surface area contributed by atoms with Crippen LogP contribution in [0.15, 0.2) is 48.7 Å². The van der Waals surface area contributed by atoms with Crippen LogP contribution in [0, 0.1) is 25.2 Å². The van der Waals surface area contributed by atoms with Gasteiger partial charge < -0.3 is 5.32 Å². The second-order valence-electron chi connectivity index (χ2n) is 6.78. The number of aryl methyl sites for hydroxylation is 2. The molecule has 2 aromatic carbocycles. The molecule has 4 rings (SSSR count). The summed E-state index contributed by atoms with van der Waals surface area (Å²) in [6.07, 6.45) is 1.39. The molecule has 0 aliphatic heterocycles. The Bertz CT molecular complexity index is 1350. The third kappa shape index (κ3) is 3.50. The molecular formula is C22H15Cl2N5O. The molecule has 8 heteroatoms. The molecule has 0 bridgehead atoms. The number of fused-ring (bicyclic) bond motifs is 1. The molecule has 4 aromatic rings. The van der Waals surface area contributed by atoms with E-state index in [2.05, 4.69) is 10.4 Å². The maximum atomic E-state index is 12.8. The lowest BCUT2D eigenvalue weighted by Gasteiger charge is -2.12. The minimum absolute atomic E-state index is 0.206. The van der Waals surface area contributed by atoms with Gasteiger partial charge in [-0.05, 0) is 49.2 Å². The Labute approximate surface area is 182 Å². The highest BCUT2D eigenvalue weighted by molar-refractivity contribution is 6.37. The van der Waals surface area contributed by atoms with Gasteiger partial charge in [0.1, 0.15) is 11.6 Å². The van der Waals surface area contributed by atoms with E-state index in [1.54, 1.807) is 6.07 Å². The fraction of sp³-hybridized carbons (Fsp3) is 0.0909. The lowest BCUT2D eigenvalue weighted by atomic mass is 10.1. The molecule has 2 heterocycles. The number of aromatic nitrogens is 3. The number of carbonyl (C=O) groups is 1. The summed E-state index contributed by atoms with van der Waals surface area (Å²) in [7, 11) is 0. The van der Waals surface area contributed by atoms with Crippen LogP contribution in [-0.2, 0) is 0 Å². The van der Waals surface area contributed by atoms with Gasteiger partial charge in [-0.1, -0.05) is 41.4 Å². The van der Waals surface area contributed by atoms with E-state index in [9.17, 15) is 10.1 Å². The predicted octanol–water partition coefficient (Wildman–Crippen LogP) is 5.47. The highest BCUT2D eigenvalue weighted by Crippen LogP contribution is 2.27. The molecule has 1 N–H and O–H groups in total. The van der Waals surface area contributed by atoms with Crippen LogP contribution in [0.3, 0.4) is 0 Å². The number of para-hydroxylation sites is 1. The summed E-state index contributed by atoms with van der Waals surface area (Å²) in [6, 6.07) is 14.5. The Morgan fingerprint density at radius 2 is 1.93 bits per heavy atom. The Hall–Kier alpha value is -3.40. The third-order valence-corrected chi connectivity index (χ3v) is 5.30. The van der Waals surface area contributed by atoms with Crippen molar-refractivity contribution in [1.29, 1.82) is 5.26 Å². The van der Waals surface area contributed by atoms with Crippen LogP contribution in [0.2, 0.25) is 10.0 Å². The lowest BCUT2D eigenvalue weighted by molar-refractivity contribution is 0.102. The number of amides is 1. The molecule has 0 atom stereocenters. The van der Waals surface area contributed by atoms with Crippen LogP contribution in [0.4, 0.5) is 5.82 Å². The number of anilines is 1. The number of nitrogens with zero attached hydrogens (tertiary/aromatic N) is 4. The van der Waals surface area contributed by atoms with Gasteiger partial charge in [-0.25, -0.2) is 4.98 Å². The molecule has 0 aliphatic carbocycles. The molecule has 30 heavy (non-hydrogen) atoms. The Morgan fingerprint density at radius 1 is 1.13 bits per heavy atom. The topological polar surface area (TPSA) is 83.6 Å². The number of nitrogens with one attached hydrogen (secondary N) is 1. The first-order valence-corrected chi connectivity index (χ1v) is 9.76. The van der Waals surface area contributed by atoms with Crippen molar-refractivity contribution < 1.29 is 4.79 Å². The highest BCUT2D eigenvalue weighted by atomic mass is 35.5. The number of nitriles is 1. The number of hydrogen-bond acceptors (Lipinski definition) is 4. The zero-order chi connectivity index (χ0) is 21.4. The maximum absolute atomic E-state index is 12.8. The van der Waals surface area contributed by atoms with Crippen molar-refractivity contribution in [2.24, 2.45) is 0 Å². The summed E-state index contributed by atoms with van der Waals surface area (Å²) in [5.41, 5.74) is 3.29. The molecule has 0 fully saturated rings. The van der Waals surface area contributed by atoms with Crippen molar-refractivity contribution in [3.63, 3.8) is 0 Å². The van der Waals surface area contributed by atoms with E-state index in [4.69, 9.17) is 28.2 Å². The van der Waals surface area contributed by atoms with Gasteiger partial charge in [0.25, 0.3) is 5.91 Å². The van der Waals surface area contributed by atoms with Crippen molar-refractivity contribution in [3.8, 4) is 11.9 Å². The van der Waals surface area contributed by atoms with E-state index in [0.717, 1.165) is 22.0 Å². The fourth-order valence-corrected chi connectivity index (χ4v) is 3.72. The molecule has 0 saturated carbocycles. The second-order valence-corrected chi connectivity index (χ2v) is 7.62. The zero-order valence-electron chi connectivity index (χ0n) is 16.1. The Morgan fingerprint density at radius 3 is 2.67 bits per heavy atom. The van der Waals surface area contributed by atoms with Crippen molar-refractivity contribution in [1.82, 2.24) is 14.8 Å². The van der Waals surface area contributed by atoms with Gasteiger partial charge in [0.15, 0.2) is 11.6 Å². The summed E-state index contributed by atoms with van der Waals surface area (Å²) < 4.78 is 1.44. The van der Waals surface area contributed by atoms with E-state index in [1.165, 1.54) is 23.0 Å². The van der Waals surface area contributed by atoms with Crippen LogP contribution in [-0.4, -0.2) is 20.7 Å². The number of pyridine rings is 1. The van der Waals surface area contributed by atoms with Crippen molar-refractivity contribution >= 4 is 45.8 Å². The summed E-state index contributed by atoms with van der Waals surface area (Å²) in [6.45, 7) is 3.96. The van der Waals surface area contributed by atoms with Gasteiger partial charge in [0.05, 0.1) is 22.3 Å². The maximum Gasteiger partial charge on any atom is 0.258 e. The van der Waals surface area contributed by atoms with Gasteiger partial charge >= 0.3 is 0 Å². The average Bonchev–Trinajstić information content (AvgIpc) is 3.11. The molecule has 148 valence electrons. The summed E-state index contributed by atoms with van der Waals surface area (Å²) in [5, 5.41) is 18.2. The molecule has 0 radical (unpaired) electrons. The van der Waals surface area contributed by atoms with Gasteiger partial charge in [0.2, 0.25) is 0 Å². The van der Waals surface area contributed by atoms with Crippen molar-refractivity contribution in [3.05, 3.63) is 81.0 Å². The smallest absolute Gasteiger partial charge is 0.258 e. The van der Waals surface area contributed by atoms with E-state index in [1.807, 2.05) is 44.2 Å². The average molecular weight is 436 g/mol. The number of hydrogen-bond donors (Lipinski definition) is 1. The number of benzene rings is 2. The summed E-state index contributed by atoms with van der Waals surface area (Å²) in [5.74, 6) is 0.227. The lowest BCUT2D eigenvalue weighted by Crippen LogP contribution is -2.17. The molecule has 0 unspecified atom stereocenters. The minimum Gasteiger partial charge on any atom is -0.305 e. The third-order valence-electron chi connectivity index (χ3n) is 4.75. The minimum atomic E-state index is -0.483. The second kappa shape index (κ2) is 7.79. The first-order chi connectivity index (χ1) is 14.4. The van der Waals surface area contributed by atoms with Crippen molar-refractivity contribution in [2.45, 2.75) is 13.8 Å². The summed E-state index contributed by atoms with van der Waals surface area (Å²) in [4.78, 5) is 17.5. The fourth-order valence-electron chi connectivity index (χ4n) is 3.23. The molecule has 0 spiro atoms. The van der Waals surface area contributed by atoms with Gasteiger partial charge in [-0.3, -0.25) is 4.79 Å². The molecule has 0 saturated heterocycles. The first kappa shape index (κ1) is 19.9. The Balaban J connectivity index is 1.81. The number of rotatable bonds is 3. The molecular weight excluding hydrogens is 421 g/mol. The van der Waals surface area contributed by atoms with Crippen LogP contribution in [0.1, 0.15) is 27.0 Å².